The van der Waals surface area contributed by atoms with Crippen molar-refractivity contribution in [3.8, 4) is 0 Å². The summed E-state index contributed by atoms with van der Waals surface area (Å²) in [4.78, 5) is 24.0. The third kappa shape index (κ3) is 1.98. The molecule has 0 aromatic heterocycles. The fourth-order valence-corrected chi connectivity index (χ4v) is 2.06. The molecule has 0 N–H and O–H groups in total. The lowest BCUT2D eigenvalue weighted by atomic mass is 9.96. The van der Waals surface area contributed by atoms with E-state index in [4.69, 9.17) is 0 Å². The van der Waals surface area contributed by atoms with Gasteiger partial charge >= 0.3 is 6.18 Å². The van der Waals surface area contributed by atoms with Crippen LogP contribution in [0.15, 0.2) is 18.2 Å². The number of rotatable bonds is 0. The topological polar surface area (TPSA) is 37.4 Å². The van der Waals surface area contributed by atoms with Crippen LogP contribution in [-0.2, 0) is 11.0 Å². The normalized spacial score (nSPS) is 15.6. The minimum Gasteiger partial charge on any atom is -0.311 e. The average Bonchev–Trinajstić information content (AvgIpc) is 2.27. The minimum absolute atomic E-state index is 0.00569. The fourth-order valence-electron chi connectivity index (χ4n) is 2.06. The highest BCUT2D eigenvalue weighted by Crippen LogP contribution is 2.40. The number of carbonyl (C=O) groups excluding carboxylic acids is 2. The van der Waals surface area contributed by atoms with E-state index >= 15 is 0 Å². The van der Waals surface area contributed by atoms with Crippen LogP contribution in [0.5, 0.6) is 0 Å². The highest BCUT2D eigenvalue weighted by molar-refractivity contribution is 6.09. The van der Waals surface area contributed by atoms with E-state index in [0.717, 1.165) is 11.0 Å². The summed E-state index contributed by atoms with van der Waals surface area (Å²) in [5, 5.41) is 0. The first kappa shape index (κ1) is 12.6. The second-order valence-electron chi connectivity index (χ2n) is 4.04. The van der Waals surface area contributed by atoms with Crippen LogP contribution in [0, 0.1) is 0 Å². The molecule has 1 aliphatic heterocycles. The van der Waals surface area contributed by atoms with Crippen LogP contribution in [0.3, 0.4) is 0 Å². The van der Waals surface area contributed by atoms with Crippen LogP contribution in [0.1, 0.15) is 29.3 Å². The summed E-state index contributed by atoms with van der Waals surface area (Å²) in [6, 6.07) is 3.39. The SMILES string of the molecule is CC(=O)N1CCC(=O)c2cccc(C(F)(F)F)c21. The Morgan fingerprint density at radius 1 is 1.33 bits per heavy atom. The van der Waals surface area contributed by atoms with Crippen molar-refractivity contribution < 1.29 is 22.8 Å². The summed E-state index contributed by atoms with van der Waals surface area (Å²) in [5.74, 6) is -0.867. The molecule has 1 aromatic carbocycles. The first-order chi connectivity index (χ1) is 8.32. The van der Waals surface area contributed by atoms with Gasteiger partial charge in [0, 0.05) is 25.5 Å². The monoisotopic (exact) mass is 257 g/mol. The fraction of sp³-hybridized carbons (Fsp3) is 0.333. The molecule has 3 nitrogen and oxygen atoms in total. The van der Waals surface area contributed by atoms with E-state index in [1.165, 1.54) is 19.1 Å². The minimum atomic E-state index is -4.59. The molecule has 18 heavy (non-hydrogen) atoms. The zero-order valence-electron chi connectivity index (χ0n) is 9.54. The lowest BCUT2D eigenvalue weighted by Gasteiger charge is -2.30. The third-order valence-corrected chi connectivity index (χ3v) is 2.85. The number of Topliss-reactive ketones (excluding diaryl/α,β-unsaturated/α-hetero) is 1. The number of hydrogen-bond donors (Lipinski definition) is 0. The van der Waals surface area contributed by atoms with Gasteiger partial charge in [0.05, 0.1) is 11.3 Å². The number of ketones is 1. The maximum absolute atomic E-state index is 12.9. The molecular formula is C12H10F3NO2. The molecule has 0 aliphatic carbocycles. The zero-order valence-corrected chi connectivity index (χ0v) is 9.54. The number of anilines is 1. The van der Waals surface area contributed by atoms with Crippen molar-refractivity contribution in [1.29, 1.82) is 0 Å². The van der Waals surface area contributed by atoms with Crippen molar-refractivity contribution >= 4 is 17.4 Å². The molecule has 6 heteroatoms. The van der Waals surface area contributed by atoms with Crippen molar-refractivity contribution in [3.05, 3.63) is 29.3 Å². The van der Waals surface area contributed by atoms with Crippen LogP contribution >= 0.6 is 0 Å². The highest BCUT2D eigenvalue weighted by Gasteiger charge is 2.39. The van der Waals surface area contributed by atoms with Crippen molar-refractivity contribution in [2.24, 2.45) is 0 Å². The highest BCUT2D eigenvalue weighted by atomic mass is 19.4. The first-order valence-electron chi connectivity index (χ1n) is 5.34. The molecule has 0 fully saturated rings. The molecule has 1 heterocycles. The van der Waals surface area contributed by atoms with Gasteiger partial charge in [-0.05, 0) is 12.1 Å². The summed E-state index contributed by atoms with van der Waals surface area (Å²) in [7, 11) is 0. The molecule has 1 aliphatic rings. The van der Waals surface area contributed by atoms with E-state index < -0.39 is 17.6 Å². The molecule has 0 saturated carbocycles. The summed E-state index contributed by atoms with van der Waals surface area (Å²) in [5.41, 5.74) is -1.29. The summed E-state index contributed by atoms with van der Waals surface area (Å²) >= 11 is 0. The quantitative estimate of drug-likeness (QED) is 0.716. The van der Waals surface area contributed by atoms with Gasteiger partial charge in [0.15, 0.2) is 5.78 Å². The Morgan fingerprint density at radius 2 is 2.00 bits per heavy atom. The lowest BCUT2D eigenvalue weighted by Crippen LogP contribution is -2.37. The predicted molar refractivity (Wildman–Crippen MR) is 58.4 cm³/mol. The van der Waals surface area contributed by atoms with Crippen LogP contribution in [-0.4, -0.2) is 18.2 Å². The van der Waals surface area contributed by atoms with Crippen molar-refractivity contribution in [3.63, 3.8) is 0 Å². The van der Waals surface area contributed by atoms with E-state index in [1.54, 1.807) is 0 Å². The van der Waals surface area contributed by atoms with Crippen molar-refractivity contribution in [2.45, 2.75) is 19.5 Å². The smallest absolute Gasteiger partial charge is 0.311 e. The number of hydrogen-bond acceptors (Lipinski definition) is 2. The molecule has 0 bridgehead atoms. The van der Waals surface area contributed by atoms with Crippen LogP contribution < -0.4 is 4.90 Å². The molecule has 96 valence electrons. The Kier molecular flexibility index (Phi) is 2.88. The van der Waals surface area contributed by atoms with E-state index in [9.17, 15) is 22.8 Å². The molecule has 2 rings (SSSR count). The summed E-state index contributed by atoms with van der Waals surface area (Å²) in [6.07, 6.45) is -4.54. The van der Waals surface area contributed by atoms with Gasteiger partial charge in [0.2, 0.25) is 5.91 Å². The van der Waals surface area contributed by atoms with Crippen molar-refractivity contribution in [2.75, 3.05) is 11.4 Å². The Hall–Kier alpha value is -1.85. The van der Waals surface area contributed by atoms with Crippen LogP contribution in [0.4, 0.5) is 18.9 Å². The zero-order chi connectivity index (χ0) is 13.5. The van der Waals surface area contributed by atoms with Crippen LogP contribution in [0.25, 0.3) is 0 Å². The van der Waals surface area contributed by atoms with E-state index in [0.29, 0.717) is 0 Å². The number of benzene rings is 1. The molecule has 0 radical (unpaired) electrons. The Morgan fingerprint density at radius 3 is 2.56 bits per heavy atom. The summed E-state index contributed by atoms with van der Waals surface area (Å²) in [6.45, 7) is 1.18. The Labute approximate surface area is 101 Å². The van der Waals surface area contributed by atoms with E-state index in [-0.39, 0.29) is 30.0 Å². The Balaban J connectivity index is 2.70. The molecule has 0 spiro atoms. The van der Waals surface area contributed by atoms with Gasteiger partial charge in [-0.25, -0.2) is 0 Å². The van der Waals surface area contributed by atoms with E-state index in [1.807, 2.05) is 0 Å². The molecule has 0 atom stereocenters. The number of carbonyl (C=O) groups is 2. The predicted octanol–water partition coefficient (Wildman–Crippen LogP) is 2.64. The average molecular weight is 257 g/mol. The third-order valence-electron chi connectivity index (χ3n) is 2.85. The number of nitrogens with zero attached hydrogens (tertiary/aromatic N) is 1. The largest absolute Gasteiger partial charge is 0.418 e. The molecule has 0 saturated heterocycles. The van der Waals surface area contributed by atoms with Gasteiger partial charge in [0.25, 0.3) is 0 Å². The molecule has 0 unspecified atom stereocenters. The maximum atomic E-state index is 12.9. The standard InChI is InChI=1S/C12H10F3NO2/c1-7(17)16-6-5-10(18)8-3-2-4-9(11(8)16)12(13,14)15/h2-4H,5-6H2,1H3. The number of halogens is 3. The second-order valence-corrected chi connectivity index (χ2v) is 4.04. The van der Waals surface area contributed by atoms with Gasteiger partial charge in [-0.3, -0.25) is 9.59 Å². The molecular weight excluding hydrogens is 247 g/mol. The Bertz CT molecular complexity index is 523. The van der Waals surface area contributed by atoms with Gasteiger partial charge < -0.3 is 4.90 Å². The van der Waals surface area contributed by atoms with Gasteiger partial charge in [-0.2, -0.15) is 13.2 Å². The number of amides is 1. The van der Waals surface area contributed by atoms with Crippen LogP contribution in [0.2, 0.25) is 0 Å². The number of para-hydroxylation sites is 1. The van der Waals surface area contributed by atoms with E-state index in [2.05, 4.69) is 0 Å². The molecule has 1 aromatic rings. The lowest BCUT2D eigenvalue weighted by molar-refractivity contribution is -0.137. The first-order valence-corrected chi connectivity index (χ1v) is 5.34. The second kappa shape index (κ2) is 4.12. The number of alkyl halides is 3. The van der Waals surface area contributed by atoms with Gasteiger partial charge in [-0.1, -0.05) is 6.07 Å². The van der Waals surface area contributed by atoms with Gasteiger partial charge in [0.1, 0.15) is 0 Å². The molecule has 1 amide bonds. The number of fused-ring (bicyclic) bond motifs is 1. The van der Waals surface area contributed by atoms with Gasteiger partial charge in [-0.15, -0.1) is 0 Å². The van der Waals surface area contributed by atoms with Crippen molar-refractivity contribution in [1.82, 2.24) is 0 Å². The maximum Gasteiger partial charge on any atom is 0.418 e. The summed E-state index contributed by atoms with van der Waals surface area (Å²) < 4.78 is 38.7.